The summed E-state index contributed by atoms with van der Waals surface area (Å²) in [6, 6.07) is 13.6. The molecule has 118 valence electrons. The van der Waals surface area contributed by atoms with E-state index < -0.39 is 0 Å². The summed E-state index contributed by atoms with van der Waals surface area (Å²) in [6.45, 7) is 4.28. The van der Waals surface area contributed by atoms with Crippen LogP contribution in [0.2, 0.25) is 0 Å². The third-order valence-electron chi connectivity index (χ3n) is 3.51. The number of hydrogen-bond acceptors (Lipinski definition) is 5. The summed E-state index contributed by atoms with van der Waals surface area (Å²) < 4.78 is 16.2. The molecule has 0 N–H and O–H groups in total. The Morgan fingerprint density at radius 2 is 1.83 bits per heavy atom. The van der Waals surface area contributed by atoms with Crippen molar-refractivity contribution >= 4 is 0 Å². The highest BCUT2D eigenvalue weighted by Crippen LogP contribution is 2.22. The van der Waals surface area contributed by atoms with Crippen molar-refractivity contribution in [3.63, 3.8) is 0 Å². The second-order valence-corrected chi connectivity index (χ2v) is 5.30. The van der Waals surface area contributed by atoms with Gasteiger partial charge in [0.1, 0.15) is 11.5 Å². The van der Waals surface area contributed by atoms with E-state index in [4.69, 9.17) is 14.0 Å². The van der Waals surface area contributed by atoms with Crippen molar-refractivity contribution in [1.82, 2.24) is 10.1 Å². The molecule has 3 rings (SSSR count). The minimum Gasteiger partial charge on any atom is -0.497 e. The van der Waals surface area contributed by atoms with Gasteiger partial charge in [-0.15, -0.1) is 0 Å². The molecular formula is C18H18N2O3. The van der Waals surface area contributed by atoms with Crippen molar-refractivity contribution in [2.24, 2.45) is 0 Å². The van der Waals surface area contributed by atoms with Crippen molar-refractivity contribution in [3.05, 3.63) is 59.5 Å². The molecule has 5 heteroatoms. The lowest BCUT2D eigenvalue weighted by atomic mass is 10.1. The first-order valence-corrected chi connectivity index (χ1v) is 7.33. The Morgan fingerprint density at radius 3 is 2.57 bits per heavy atom. The monoisotopic (exact) mass is 310 g/mol. The number of aryl methyl sites for hydroxylation is 2. The number of aromatic nitrogens is 2. The summed E-state index contributed by atoms with van der Waals surface area (Å²) in [5.74, 6) is 2.59. The zero-order valence-electron chi connectivity index (χ0n) is 13.4. The van der Waals surface area contributed by atoms with E-state index in [1.807, 2.05) is 50.2 Å². The first kappa shape index (κ1) is 15.1. The second kappa shape index (κ2) is 6.52. The molecule has 3 aromatic rings. The number of nitrogens with zero attached hydrogens (tertiary/aromatic N) is 2. The Labute approximate surface area is 134 Å². The van der Waals surface area contributed by atoms with E-state index in [0.29, 0.717) is 11.7 Å². The second-order valence-electron chi connectivity index (χ2n) is 5.30. The molecule has 1 aromatic heterocycles. The van der Waals surface area contributed by atoms with Gasteiger partial charge in [-0.3, -0.25) is 0 Å². The van der Waals surface area contributed by atoms with Crippen molar-refractivity contribution in [2.75, 3.05) is 7.11 Å². The molecule has 2 aromatic carbocycles. The van der Waals surface area contributed by atoms with Gasteiger partial charge >= 0.3 is 0 Å². The lowest BCUT2D eigenvalue weighted by Crippen LogP contribution is -1.97. The SMILES string of the molecule is COc1ccc(-c2noc(COc3cc(C)ccc3C)n2)cc1. The number of methoxy groups -OCH3 is 1. The summed E-state index contributed by atoms with van der Waals surface area (Å²) in [6.07, 6.45) is 0. The van der Waals surface area contributed by atoms with Crippen LogP contribution in [0, 0.1) is 13.8 Å². The van der Waals surface area contributed by atoms with Crippen LogP contribution < -0.4 is 9.47 Å². The lowest BCUT2D eigenvalue weighted by Gasteiger charge is -2.07. The molecule has 0 aliphatic carbocycles. The average Bonchev–Trinajstić information content (AvgIpc) is 3.05. The van der Waals surface area contributed by atoms with Gasteiger partial charge in [-0.1, -0.05) is 17.3 Å². The van der Waals surface area contributed by atoms with Gasteiger partial charge in [-0.05, 0) is 55.3 Å². The Bertz CT molecular complexity index is 794. The summed E-state index contributed by atoms with van der Waals surface area (Å²) in [4.78, 5) is 4.36. The Hall–Kier alpha value is -2.82. The van der Waals surface area contributed by atoms with Gasteiger partial charge in [0.15, 0.2) is 6.61 Å². The van der Waals surface area contributed by atoms with Gasteiger partial charge in [0, 0.05) is 5.56 Å². The molecule has 23 heavy (non-hydrogen) atoms. The van der Waals surface area contributed by atoms with Crippen LogP contribution in [-0.2, 0) is 6.61 Å². The third-order valence-corrected chi connectivity index (χ3v) is 3.51. The summed E-state index contributed by atoms with van der Waals surface area (Å²) in [5, 5.41) is 3.99. The van der Waals surface area contributed by atoms with Gasteiger partial charge in [0.2, 0.25) is 5.82 Å². The fourth-order valence-electron chi connectivity index (χ4n) is 2.17. The van der Waals surface area contributed by atoms with Crippen molar-refractivity contribution < 1.29 is 14.0 Å². The zero-order chi connectivity index (χ0) is 16.2. The first-order valence-electron chi connectivity index (χ1n) is 7.33. The van der Waals surface area contributed by atoms with Crippen LogP contribution in [0.3, 0.4) is 0 Å². The standard InChI is InChI=1S/C18H18N2O3/c1-12-4-5-13(2)16(10-12)22-11-17-19-18(20-23-17)14-6-8-15(21-3)9-7-14/h4-10H,11H2,1-3H3. The van der Waals surface area contributed by atoms with Gasteiger partial charge in [-0.2, -0.15) is 4.98 Å². The number of ether oxygens (including phenoxy) is 2. The van der Waals surface area contributed by atoms with Crippen LogP contribution in [0.5, 0.6) is 11.5 Å². The van der Waals surface area contributed by atoms with Crippen LogP contribution in [0.25, 0.3) is 11.4 Å². The van der Waals surface area contributed by atoms with E-state index in [1.165, 1.54) is 0 Å². The topological polar surface area (TPSA) is 57.4 Å². The molecule has 0 amide bonds. The molecule has 0 fully saturated rings. The highest BCUT2D eigenvalue weighted by molar-refractivity contribution is 5.55. The molecule has 0 unspecified atom stereocenters. The van der Waals surface area contributed by atoms with E-state index >= 15 is 0 Å². The van der Waals surface area contributed by atoms with Gasteiger partial charge < -0.3 is 14.0 Å². The van der Waals surface area contributed by atoms with E-state index in [-0.39, 0.29) is 6.61 Å². The lowest BCUT2D eigenvalue weighted by molar-refractivity contribution is 0.241. The number of benzene rings is 2. The first-order chi connectivity index (χ1) is 11.2. The van der Waals surface area contributed by atoms with E-state index in [9.17, 15) is 0 Å². The predicted octanol–water partition coefficient (Wildman–Crippen LogP) is 3.94. The van der Waals surface area contributed by atoms with Crippen LogP contribution >= 0.6 is 0 Å². The van der Waals surface area contributed by atoms with Crippen molar-refractivity contribution in [2.45, 2.75) is 20.5 Å². The normalized spacial score (nSPS) is 10.6. The molecule has 0 saturated heterocycles. The van der Waals surface area contributed by atoms with Crippen LogP contribution in [-0.4, -0.2) is 17.3 Å². The quantitative estimate of drug-likeness (QED) is 0.714. The molecule has 1 heterocycles. The van der Waals surface area contributed by atoms with Crippen molar-refractivity contribution in [1.29, 1.82) is 0 Å². The number of rotatable bonds is 5. The molecule has 0 atom stereocenters. The Balaban J connectivity index is 1.70. The number of hydrogen-bond donors (Lipinski definition) is 0. The minimum absolute atomic E-state index is 0.244. The molecule has 0 radical (unpaired) electrons. The highest BCUT2D eigenvalue weighted by Gasteiger charge is 2.10. The fraction of sp³-hybridized carbons (Fsp3) is 0.222. The van der Waals surface area contributed by atoms with Crippen LogP contribution in [0.4, 0.5) is 0 Å². The average molecular weight is 310 g/mol. The maximum absolute atomic E-state index is 5.77. The fourth-order valence-corrected chi connectivity index (χ4v) is 2.17. The summed E-state index contributed by atoms with van der Waals surface area (Å²) in [7, 11) is 1.63. The Morgan fingerprint density at radius 1 is 1.04 bits per heavy atom. The smallest absolute Gasteiger partial charge is 0.264 e. The minimum atomic E-state index is 0.244. The summed E-state index contributed by atoms with van der Waals surface area (Å²) in [5.41, 5.74) is 3.09. The Kier molecular flexibility index (Phi) is 4.28. The third kappa shape index (κ3) is 3.51. The maximum atomic E-state index is 5.77. The van der Waals surface area contributed by atoms with E-state index in [0.717, 1.165) is 28.2 Å². The maximum Gasteiger partial charge on any atom is 0.264 e. The molecule has 0 spiro atoms. The van der Waals surface area contributed by atoms with Gasteiger partial charge in [-0.25, -0.2) is 0 Å². The molecule has 0 bridgehead atoms. The molecule has 0 aliphatic heterocycles. The zero-order valence-corrected chi connectivity index (χ0v) is 13.4. The molecule has 0 saturated carbocycles. The summed E-state index contributed by atoms with van der Waals surface area (Å²) >= 11 is 0. The van der Waals surface area contributed by atoms with E-state index in [1.54, 1.807) is 7.11 Å². The highest BCUT2D eigenvalue weighted by atomic mass is 16.5. The predicted molar refractivity (Wildman–Crippen MR) is 86.5 cm³/mol. The van der Waals surface area contributed by atoms with E-state index in [2.05, 4.69) is 16.2 Å². The van der Waals surface area contributed by atoms with Gasteiger partial charge in [0.05, 0.1) is 7.11 Å². The van der Waals surface area contributed by atoms with Crippen molar-refractivity contribution in [3.8, 4) is 22.9 Å². The van der Waals surface area contributed by atoms with Crippen LogP contribution in [0.15, 0.2) is 47.0 Å². The molecule has 0 aliphatic rings. The molecular weight excluding hydrogens is 292 g/mol. The molecule has 5 nitrogen and oxygen atoms in total. The largest absolute Gasteiger partial charge is 0.497 e. The van der Waals surface area contributed by atoms with Crippen LogP contribution in [0.1, 0.15) is 17.0 Å². The van der Waals surface area contributed by atoms with Gasteiger partial charge in [0.25, 0.3) is 5.89 Å².